The summed E-state index contributed by atoms with van der Waals surface area (Å²) in [6, 6.07) is 0. The molecule has 0 aromatic rings. The first kappa shape index (κ1) is 80.9. The lowest BCUT2D eigenvalue weighted by atomic mass is 10.0. The van der Waals surface area contributed by atoms with Gasteiger partial charge >= 0.3 is 17.9 Å². The van der Waals surface area contributed by atoms with E-state index >= 15 is 0 Å². The average molecular weight is 1170 g/mol. The second-order valence-electron chi connectivity index (χ2n) is 25.9. The van der Waals surface area contributed by atoms with E-state index in [9.17, 15) is 14.4 Å². The second-order valence-corrected chi connectivity index (χ2v) is 25.9. The number of allylic oxidation sites excluding steroid dienone is 4. The number of unbranched alkanes of at least 4 members (excludes halogenated alkanes) is 56. The lowest BCUT2D eigenvalue weighted by molar-refractivity contribution is -0.167. The van der Waals surface area contributed by atoms with Gasteiger partial charge in [-0.15, -0.1) is 0 Å². The molecule has 0 heterocycles. The monoisotopic (exact) mass is 1170 g/mol. The lowest BCUT2D eigenvalue weighted by Gasteiger charge is -2.18. The molecular formula is C77H146O6. The summed E-state index contributed by atoms with van der Waals surface area (Å²) in [5.74, 6) is -0.825. The van der Waals surface area contributed by atoms with Crippen molar-refractivity contribution in [2.45, 2.75) is 438 Å². The van der Waals surface area contributed by atoms with Crippen LogP contribution in [-0.4, -0.2) is 37.2 Å². The van der Waals surface area contributed by atoms with Crippen molar-refractivity contribution < 1.29 is 28.6 Å². The maximum atomic E-state index is 13.0. The molecule has 0 spiro atoms. The van der Waals surface area contributed by atoms with Crippen LogP contribution in [0.1, 0.15) is 432 Å². The standard InChI is InChI=1S/C77H146O6/c1-4-7-10-13-16-19-22-25-28-31-33-35-37-38-40-41-43-46-49-52-55-58-61-64-67-70-76(79)82-73-74(72-81-75(78)69-66-63-60-57-54-51-48-45-30-27-24-21-18-15-12-9-6-3)83-77(80)71-68-65-62-59-56-53-50-47-44-42-39-36-34-32-29-26-23-20-17-14-11-8-5-2/h22,25,31,33,74H,4-21,23-24,26-30,32,34-73H2,1-3H3/b25-22-,33-31-. The summed E-state index contributed by atoms with van der Waals surface area (Å²) in [7, 11) is 0. The van der Waals surface area contributed by atoms with Crippen LogP contribution in [0.4, 0.5) is 0 Å². The van der Waals surface area contributed by atoms with Gasteiger partial charge in [-0.1, -0.05) is 385 Å². The van der Waals surface area contributed by atoms with Crippen LogP contribution in [0.2, 0.25) is 0 Å². The highest BCUT2D eigenvalue weighted by Gasteiger charge is 2.20. The van der Waals surface area contributed by atoms with Gasteiger partial charge in [0.1, 0.15) is 13.2 Å². The molecule has 0 saturated heterocycles. The number of ether oxygens (including phenoxy) is 3. The minimum absolute atomic E-state index is 0.0636. The van der Waals surface area contributed by atoms with Gasteiger partial charge < -0.3 is 14.2 Å². The lowest BCUT2D eigenvalue weighted by Crippen LogP contribution is -2.30. The fraction of sp³-hybridized carbons (Fsp3) is 0.909. The van der Waals surface area contributed by atoms with Crippen molar-refractivity contribution in [1.29, 1.82) is 0 Å². The SMILES string of the molecule is CCCCCCC/C=C\C/C=C\CCCCCCCCCCCCCCCC(=O)OCC(COC(=O)CCCCCCCCCCCCCCCCCCC)OC(=O)CCCCCCCCCCCCCCCCCCCCCCCCC. The zero-order valence-electron chi connectivity index (χ0n) is 56.5. The zero-order chi connectivity index (χ0) is 59.9. The first-order valence-corrected chi connectivity index (χ1v) is 37.8. The van der Waals surface area contributed by atoms with E-state index in [1.165, 1.54) is 327 Å². The number of hydrogen-bond acceptors (Lipinski definition) is 6. The Hall–Kier alpha value is -2.11. The smallest absolute Gasteiger partial charge is 0.306 e. The molecule has 0 aromatic heterocycles. The largest absolute Gasteiger partial charge is 0.462 e. The summed E-state index contributed by atoms with van der Waals surface area (Å²) in [5, 5.41) is 0. The van der Waals surface area contributed by atoms with Crippen LogP contribution in [0.3, 0.4) is 0 Å². The van der Waals surface area contributed by atoms with Gasteiger partial charge in [-0.2, -0.15) is 0 Å². The van der Waals surface area contributed by atoms with Gasteiger partial charge in [0.05, 0.1) is 0 Å². The molecule has 0 N–H and O–H groups in total. The highest BCUT2D eigenvalue weighted by Crippen LogP contribution is 2.19. The quantitative estimate of drug-likeness (QED) is 0.0261. The third kappa shape index (κ3) is 70.5. The van der Waals surface area contributed by atoms with Crippen molar-refractivity contribution in [3.8, 4) is 0 Å². The van der Waals surface area contributed by atoms with Crippen LogP contribution in [0.5, 0.6) is 0 Å². The van der Waals surface area contributed by atoms with Gasteiger partial charge in [-0.25, -0.2) is 0 Å². The molecule has 0 aliphatic rings. The van der Waals surface area contributed by atoms with E-state index in [4.69, 9.17) is 14.2 Å². The molecule has 490 valence electrons. The van der Waals surface area contributed by atoms with E-state index in [-0.39, 0.29) is 31.1 Å². The Morgan fingerprint density at radius 2 is 0.434 bits per heavy atom. The third-order valence-electron chi connectivity index (χ3n) is 17.5. The Morgan fingerprint density at radius 1 is 0.241 bits per heavy atom. The van der Waals surface area contributed by atoms with E-state index in [2.05, 4.69) is 45.1 Å². The summed E-state index contributed by atoms with van der Waals surface area (Å²) < 4.78 is 17.1. The van der Waals surface area contributed by atoms with Crippen LogP contribution in [-0.2, 0) is 28.6 Å². The van der Waals surface area contributed by atoms with Gasteiger partial charge in [0.25, 0.3) is 0 Å². The minimum atomic E-state index is -0.769. The first-order valence-electron chi connectivity index (χ1n) is 37.8. The van der Waals surface area contributed by atoms with Crippen molar-refractivity contribution in [2.24, 2.45) is 0 Å². The predicted molar refractivity (Wildman–Crippen MR) is 363 cm³/mol. The number of hydrogen-bond donors (Lipinski definition) is 0. The van der Waals surface area contributed by atoms with Crippen molar-refractivity contribution in [2.75, 3.05) is 13.2 Å². The maximum Gasteiger partial charge on any atom is 0.306 e. The minimum Gasteiger partial charge on any atom is -0.462 e. The summed E-state index contributed by atoms with van der Waals surface area (Å²) in [5.41, 5.74) is 0. The molecule has 83 heavy (non-hydrogen) atoms. The Morgan fingerprint density at radius 3 is 0.663 bits per heavy atom. The Bertz CT molecular complexity index is 1340. The molecule has 1 unspecified atom stereocenters. The Balaban J connectivity index is 4.26. The van der Waals surface area contributed by atoms with Crippen LogP contribution < -0.4 is 0 Å². The Labute approximate surface area is 519 Å². The van der Waals surface area contributed by atoms with Crippen molar-refractivity contribution >= 4 is 17.9 Å². The molecule has 1 atom stereocenters. The zero-order valence-corrected chi connectivity index (χ0v) is 56.5. The predicted octanol–water partition coefficient (Wildman–Crippen LogP) is 26.1. The summed E-state index contributed by atoms with van der Waals surface area (Å²) in [6.45, 7) is 6.73. The molecule has 0 aliphatic carbocycles. The van der Waals surface area contributed by atoms with E-state index in [0.717, 1.165) is 64.2 Å². The topological polar surface area (TPSA) is 78.9 Å². The van der Waals surface area contributed by atoms with Crippen molar-refractivity contribution in [3.05, 3.63) is 24.3 Å². The highest BCUT2D eigenvalue weighted by atomic mass is 16.6. The summed E-state index contributed by atoms with van der Waals surface area (Å²) in [6.07, 6.45) is 89.3. The Kier molecular flexibility index (Phi) is 70.5. The number of carbonyl (C=O) groups excluding carboxylic acids is 3. The number of carbonyl (C=O) groups is 3. The van der Waals surface area contributed by atoms with Crippen LogP contribution in [0.15, 0.2) is 24.3 Å². The van der Waals surface area contributed by atoms with Gasteiger partial charge in [-0.05, 0) is 51.4 Å². The number of rotatable bonds is 71. The van der Waals surface area contributed by atoms with Crippen molar-refractivity contribution in [1.82, 2.24) is 0 Å². The molecule has 6 heteroatoms. The molecular weight excluding hydrogens is 1020 g/mol. The molecule has 0 amide bonds. The molecule has 0 bridgehead atoms. The van der Waals surface area contributed by atoms with E-state index in [1.807, 2.05) is 0 Å². The molecule has 0 saturated carbocycles. The summed E-state index contributed by atoms with van der Waals surface area (Å²) in [4.78, 5) is 38.6. The maximum absolute atomic E-state index is 13.0. The third-order valence-corrected chi connectivity index (χ3v) is 17.5. The van der Waals surface area contributed by atoms with Gasteiger partial charge in [0.2, 0.25) is 0 Å². The van der Waals surface area contributed by atoms with Crippen LogP contribution >= 0.6 is 0 Å². The molecule has 0 radical (unpaired) electrons. The van der Waals surface area contributed by atoms with Gasteiger partial charge in [0.15, 0.2) is 6.10 Å². The van der Waals surface area contributed by atoms with E-state index in [0.29, 0.717) is 19.3 Å². The van der Waals surface area contributed by atoms with Gasteiger partial charge in [-0.3, -0.25) is 14.4 Å². The van der Waals surface area contributed by atoms with Gasteiger partial charge in [0, 0.05) is 19.3 Å². The van der Waals surface area contributed by atoms with E-state index in [1.54, 1.807) is 0 Å². The fourth-order valence-corrected chi connectivity index (χ4v) is 11.8. The second kappa shape index (κ2) is 72.4. The van der Waals surface area contributed by atoms with Crippen LogP contribution in [0, 0.1) is 0 Å². The highest BCUT2D eigenvalue weighted by molar-refractivity contribution is 5.71. The molecule has 0 aromatic carbocycles. The van der Waals surface area contributed by atoms with Crippen molar-refractivity contribution in [3.63, 3.8) is 0 Å². The molecule has 0 aliphatic heterocycles. The fourth-order valence-electron chi connectivity index (χ4n) is 11.8. The number of esters is 3. The van der Waals surface area contributed by atoms with Crippen LogP contribution in [0.25, 0.3) is 0 Å². The van der Waals surface area contributed by atoms with E-state index < -0.39 is 6.10 Å². The normalized spacial score (nSPS) is 12.1. The first-order chi connectivity index (χ1) is 41.0. The summed E-state index contributed by atoms with van der Waals surface area (Å²) >= 11 is 0. The molecule has 0 fully saturated rings. The average Bonchev–Trinajstić information content (AvgIpc) is 3.49. The molecule has 0 rings (SSSR count). The molecule has 6 nitrogen and oxygen atoms in total.